The largest absolute Gasteiger partial charge is 0.454 e. The molecule has 2 fully saturated rings. The Morgan fingerprint density at radius 1 is 1.28 bits per heavy atom. The Morgan fingerprint density at radius 2 is 2.12 bits per heavy atom. The van der Waals surface area contributed by atoms with E-state index in [-0.39, 0.29) is 24.7 Å². The summed E-state index contributed by atoms with van der Waals surface area (Å²) in [6.45, 7) is 2.91. The number of amides is 1. The van der Waals surface area contributed by atoms with E-state index in [1.54, 1.807) is 0 Å². The third-order valence-corrected chi connectivity index (χ3v) is 6.09. The zero-order chi connectivity index (χ0) is 17.4. The van der Waals surface area contributed by atoms with Gasteiger partial charge in [-0.2, -0.15) is 0 Å². The van der Waals surface area contributed by atoms with Crippen molar-refractivity contribution >= 4 is 5.91 Å². The molecule has 1 aliphatic carbocycles. The fraction of sp³-hybridized carbons (Fsp3) is 0.650. The van der Waals surface area contributed by atoms with Gasteiger partial charge in [-0.15, -0.1) is 0 Å². The number of piperidine rings is 1. The Balaban J connectivity index is 1.72. The fourth-order valence-corrected chi connectivity index (χ4v) is 4.83. The van der Waals surface area contributed by atoms with E-state index in [0.717, 1.165) is 49.2 Å². The topological polar surface area (TPSA) is 59.0 Å². The molecule has 5 heteroatoms. The third kappa shape index (κ3) is 2.88. The summed E-state index contributed by atoms with van der Waals surface area (Å²) in [4.78, 5) is 14.8. The van der Waals surface area contributed by atoms with Crippen LogP contribution in [0.2, 0.25) is 0 Å². The molecule has 1 aromatic carbocycles. The van der Waals surface area contributed by atoms with Crippen molar-refractivity contribution in [2.75, 3.05) is 13.3 Å². The summed E-state index contributed by atoms with van der Waals surface area (Å²) in [7, 11) is 0. The highest BCUT2D eigenvalue weighted by Gasteiger charge is 2.50. The highest BCUT2D eigenvalue weighted by atomic mass is 16.7. The van der Waals surface area contributed by atoms with Crippen LogP contribution in [0.15, 0.2) is 18.2 Å². The van der Waals surface area contributed by atoms with Crippen LogP contribution < -0.4 is 9.47 Å². The van der Waals surface area contributed by atoms with Crippen LogP contribution in [-0.2, 0) is 4.79 Å². The van der Waals surface area contributed by atoms with Crippen molar-refractivity contribution in [2.45, 2.75) is 63.5 Å². The molecular weight excluding hydrogens is 318 g/mol. The molecule has 0 aromatic heterocycles. The Labute approximate surface area is 148 Å². The zero-order valence-corrected chi connectivity index (χ0v) is 14.9. The molecule has 3 unspecified atom stereocenters. The maximum absolute atomic E-state index is 12.8. The number of hydrogen-bond acceptors (Lipinski definition) is 4. The first kappa shape index (κ1) is 16.7. The molecule has 5 nitrogen and oxygen atoms in total. The lowest BCUT2D eigenvalue weighted by Crippen LogP contribution is -2.56. The molecule has 3 atom stereocenters. The van der Waals surface area contributed by atoms with Crippen LogP contribution >= 0.6 is 0 Å². The van der Waals surface area contributed by atoms with Crippen LogP contribution in [0, 0.1) is 5.92 Å². The summed E-state index contributed by atoms with van der Waals surface area (Å²) in [6.07, 6.45) is 6.09. The molecular formula is C20H27NO4. The lowest BCUT2D eigenvalue weighted by atomic mass is 9.66. The Bertz CT molecular complexity index is 661. The van der Waals surface area contributed by atoms with Crippen LogP contribution in [0.4, 0.5) is 0 Å². The van der Waals surface area contributed by atoms with Crippen LogP contribution in [0.1, 0.15) is 63.5 Å². The second-order valence-electron chi connectivity index (χ2n) is 7.60. The molecule has 1 saturated carbocycles. The molecule has 0 radical (unpaired) electrons. The second-order valence-corrected chi connectivity index (χ2v) is 7.60. The highest BCUT2D eigenvalue weighted by molar-refractivity contribution is 5.77. The van der Waals surface area contributed by atoms with Gasteiger partial charge in [0.05, 0.1) is 11.6 Å². The van der Waals surface area contributed by atoms with Crippen molar-refractivity contribution in [3.05, 3.63) is 23.8 Å². The molecule has 136 valence electrons. The molecule has 0 bridgehead atoms. The van der Waals surface area contributed by atoms with Gasteiger partial charge >= 0.3 is 0 Å². The van der Waals surface area contributed by atoms with Crippen molar-refractivity contribution in [3.63, 3.8) is 0 Å². The molecule has 3 aliphatic rings. The summed E-state index contributed by atoms with van der Waals surface area (Å²) in [6, 6.07) is 5.88. The summed E-state index contributed by atoms with van der Waals surface area (Å²) in [5.41, 5.74) is 0.404. The number of aliphatic hydroxyl groups is 1. The first-order valence-corrected chi connectivity index (χ1v) is 9.54. The number of likely N-dealkylation sites (tertiary alicyclic amines) is 1. The highest BCUT2D eigenvalue weighted by Crippen LogP contribution is 2.50. The quantitative estimate of drug-likeness (QED) is 0.912. The van der Waals surface area contributed by atoms with Gasteiger partial charge in [-0.25, -0.2) is 0 Å². The molecule has 4 rings (SSSR count). The van der Waals surface area contributed by atoms with Gasteiger partial charge in [0.1, 0.15) is 0 Å². The molecule has 1 aromatic rings. The monoisotopic (exact) mass is 345 g/mol. The molecule has 1 saturated heterocycles. The predicted molar refractivity (Wildman–Crippen MR) is 93.5 cm³/mol. The molecule has 2 heterocycles. The van der Waals surface area contributed by atoms with Crippen molar-refractivity contribution in [3.8, 4) is 11.5 Å². The van der Waals surface area contributed by atoms with Gasteiger partial charge < -0.3 is 19.5 Å². The van der Waals surface area contributed by atoms with Crippen LogP contribution in [0.3, 0.4) is 0 Å². The number of ether oxygens (including phenoxy) is 2. The molecule has 2 aliphatic heterocycles. The zero-order valence-electron chi connectivity index (χ0n) is 14.9. The lowest BCUT2D eigenvalue weighted by Gasteiger charge is -2.52. The van der Waals surface area contributed by atoms with E-state index in [4.69, 9.17) is 9.47 Å². The molecule has 25 heavy (non-hydrogen) atoms. The maximum atomic E-state index is 12.8. The third-order valence-electron chi connectivity index (χ3n) is 6.09. The van der Waals surface area contributed by atoms with Gasteiger partial charge in [0, 0.05) is 18.9 Å². The van der Waals surface area contributed by atoms with E-state index in [9.17, 15) is 9.90 Å². The second kappa shape index (κ2) is 6.52. The predicted octanol–water partition coefficient (Wildman–Crippen LogP) is 3.41. The Kier molecular flexibility index (Phi) is 4.36. The summed E-state index contributed by atoms with van der Waals surface area (Å²) < 4.78 is 11.0. The summed E-state index contributed by atoms with van der Waals surface area (Å²) in [5, 5.41) is 11.3. The van der Waals surface area contributed by atoms with Crippen LogP contribution in [0.5, 0.6) is 11.5 Å². The lowest BCUT2D eigenvalue weighted by molar-refractivity contribution is -0.155. The van der Waals surface area contributed by atoms with Crippen LogP contribution in [-0.4, -0.2) is 34.9 Å². The van der Waals surface area contributed by atoms with E-state index in [0.29, 0.717) is 19.4 Å². The minimum Gasteiger partial charge on any atom is -0.454 e. The van der Waals surface area contributed by atoms with E-state index in [1.165, 1.54) is 0 Å². The molecule has 1 amide bonds. The Hall–Kier alpha value is -1.75. The SMILES string of the molecule is CCCC(=O)N1CCC2(O)CCCCC2C1c1ccc2c(c1)OCO2. The van der Waals surface area contributed by atoms with Crippen molar-refractivity contribution in [1.82, 2.24) is 4.90 Å². The standard InChI is InChI=1S/C20H27NO4/c1-2-5-18(22)21-11-10-20(23)9-4-3-6-15(20)19(21)14-7-8-16-17(12-14)25-13-24-16/h7-8,12,15,19,23H,2-6,9-11,13H2,1H3. The number of hydrogen-bond donors (Lipinski definition) is 1. The normalized spacial score (nSPS) is 30.9. The maximum Gasteiger partial charge on any atom is 0.231 e. The van der Waals surface area contributed by atoms with Crippen molar-refractivity contribution < 1.29 is 19.4 Å². The van der Waals surface area contributed by atoms with E-state index in [1.807, 2.05) is 30.0 Å². The van der Waals surface area contributed by atoms with Gasteiger partial charge in [-0.05, 0) is 43.4 Å². The van der Waals surface area contributed by atoms with Gasteiger partial charge in [0.25, 0.3) is 0 Å². The number of rotatable bonds is 3. The smallest absolute Gasteiger partial charge is 0.231 e. The number of carbonyl (C=O) groups excluding carboxylic acids is 1. The number of carbonyl (C=O) groups is 1. The molecule has 1 N–H and O–H groups in total. The van der Waals surface area contributed by atoms with E-state index in [2.05, 4.69) is 0 Å². The number of fused-ring (bicyclic) bond motifs is 2. The van der Waals surface area contributed by atoms with Gasteiger partial charge in [0.2, 0.25) is 12.7 Å². The van der Waals surface area contributed by atoms with E-state index < -0.39 is 5.60 Å². The average Bonchev–Trinajstić information content (AvgIpc) is 3.08. The van der Waals surface area contributed by atoms with Crippen molar-refractivity contribution in [2.24, 2.45) is 5.92 Å². The van der Waals surface area contributed by atoms with Gasteiger partial charge in [-0.3, -0.25) is 4.79 Å². The summed E-state index contributed by atoms with van der Waals surface area (Å²) in [5.74, 6) is 1.78. The molecule has 0 spiro atoms. The first-order valence-electron chi connectivity index (χ1n) is 9.54. The van der Waals surface area contributed by atoms with Crippen molar-refractivity contribution in [1.29, 1.82) is 0 Å². The van der Waals surface area contributed by atoms with Crippen LogP contribution in [0.25, 0.3) is 0 Å². The average molecular weight is 345 g/mol. The van der Waals surface area contributed by atoms with E-state index >= 15 is 0 Å². The fourth-order valence-electron chi connectivity index (χ4n) is 4.83. The minimum atomic E-state index is -0.651. The minimum absolute atomic E-state index is 0.0763. The van der Waals surface area contributed by atoms with Gasteiger partial charge in [-0.1, -0.05) is 25.8 Å². The number of benzene rings is 1. The van der Waals surface area contributed by atoms with Gasteiger partial charge in [0.15, 0.2) is 11.5 Å². The first-order chi connectivity index (χ1) is 12.1. The summed E-state index contributed by atoms with van der Waals surface area (Å²) >= 11 is 0. The number of nitrogens with zero attached hydrogens (tertiary/aromatic N) is 1. The Morgan fingerprint density at radius 3 is 2.96 bits per heavy atom.